The number of hydrogen-bond acceptors (Lipinski definition) is 8. The zero-order valence-electron chi connectivity index (χ0n) is 12.5. The Labute approximate surface area is 132 Å². The molecule has 0 aromatic carbocycles. The fourth-order valence-electron chi connectivity index (χ4n) is 2.24. The smallest absolute Gasteiger partial charge is 0.407 e. The summed E-state index contributed by atoms with van der Waals surface area (Å²) >= 11 is 0. The van der Waals surface area contributed by atoms with Crippen LogP contribution in [0.25, 0.3) is 0 Å². The summed E-state index contributed by atoms with van der Waals surface area (Å²) in [6.45, 7) is -0.937. The molecular weight excluding hydrogens is 314 g/mol. The maximum atomic E-state index is 11.4. The van der Waals surface area contributed by atoms with Crippen molar-refractivity contribution in [2.24, 2.45) is 0 Å². The lowest BCUT2D eigenvalue weighted by molar-refractivity contribution is -0.137. The Bertz CT molecular complexity index is 392. The summed E-state index contributed by atoms with van der Waals surface area (Å²) in [6, 6.07) is -0.930. The average molecular weight is 337 g/mol. The Morgan fingerprint density at radius 3 is 2.35 bits per heavy atom. The number of carbonyl (C=O) groups is 2. The molecule has 0 aromatic rings. The van der Waals surface area contributed by atoms with Crippen molar-refractivity contribution in [2.75, 3.05) is 19.8 Å². The van der Waals surface area contributed by atoms with Gasteiger partial charge >= 0.3 is 12.1 Å². The van der Waals surface area contributed by atoms with E-state index in [0.717, 1.165) is 0 Å². The van der Waals surface area contributed by atoms with Gasteiger partial charge in [0.15, 0.2) is 0 Å². The maximum Gasteiger partial charge on any atom is 0.407 e. The van der Waals surface area contributed by atoms with Crippen LogP contribution in [0, 0.1) is 0 Å². The minimum absolute atomic E-state index is 0.0104. The first-order chi connectivity index (χ1) is 10.9. The molecule has 5 atom stereocenters. The summed E-state index contributed by atoms with van der Waals surface area (Å²) in [7, 11) is 0. The van der Waals surface area contributed by atoms with E-state index < -0.39 is 62.2 Å². The molecule has 6 N–H and O–H groups in total. The van der Waals surface area contributed by atoms with Crippen molar-refractivity contribution in [3.05, 3.63) is 0 Å². The van der Waals surface area contributed by atoms with Crippen molar-refractivity contribution in [2.45, 2.75) is 49.7 Å². The van der Waals surface area contributed by atoms with Gasteiger partial charge in [-0.1, -0.05) is 0 Å². The standard InChI is InChI=1S/C13H23NO9/c15-5-7(4-10(17)18)14-13(21)22-3-1-2-8-11(19)12(20)9(6-16)23-8/h7-9,11-12,15-16,19-20H,1-6H2,(H,14,21)(H,17,18). The number of ether oxygens (including phenoxy) is 2. The largest absolute Gasteiger partial charge is 0.481 e. The minimum atomic E-state index is -1.16. The summed E-state index contributed by atoms with van der Waals surface area (Å²) < 4.78 is 10.1. The molecule has 1 fully saturated rings. The van der Waals surface area contributed by atoms with Gasteiger partial charge in [-0.15, -0.1) is 0 Å². The van der Waals surface area contributed by atoms with Crippen LogP contribution in [0.15, 0.2) is 0 Å². The zero-order chi connectivity index (χ0) is 17.4. The Morgan fingerprint density at radius 2 is 1.83 bits per heavy atom. The third-order valence-electron chi connectivity index (χ3n) is 3.47. The molecule has 0 spiro atoms. The first kappa shape index (κ1) is 19.6. The van der Waals surface area contributed by atoms with Crippen LogP contribution in [-0.4, -0.2) is 87.9 Å². The van der Waals surface area contributed by atoms with Crippen LogP contribution in [0.1, 0.15) is 19.3 Å². The number of amides is 1. The van der Waals surface area contributed by atoms with Crippen LogP contribution >= 0.6 is 0 Å². The monoisotopic (exact) mass is 337 g/mol. The van der Waals surface area contributed by atoms with E-state index in [1.807, 2.05) is 0 Å². The Morgan fingerprint density at radius 1 is 1.17 bits per heavy atom. The lowest BCUT2D eigenvalue weighted by Gasteiger charge is -2.16. The second kappa shape index (κ2) is 9.63. The number of hydrogen-bond donors (Lipinski definition) is 6. The highest BCUT2D eigenvalue weighted by Gasteiger charge is 2.41. The molecule has 1 amide bonds. The van der Waals surface area contributed by atoms with Crippen molar-refractivity contribution >= 4 is 12.1 Å². The van der Waals surface area contributed by atoms with Crippen LogP contribution in [-0.2, 0) is 14.3 Å². The number of rotatable bonds is 9. The first-order valence-electron chi connectivity index (χ1n) is 7.27. The molecule has 0 aliphatic carbocycles. The third-order valence-corrected chi connectivity index (χ3v) is 3.47. The lowest BCUT2D eigenvalue weighted by Crippen LogP contribution is -2.39. The SMILES string of the molecule is O=C(O)CC(CO)NC(=O)OCCCC1OC(CO)C(O)C1O. The van der Waals surface area contributed by atoms with Crippen LogP contribution in [0.5, 0.6) is 0 Å². The van der Waals surface area contributed by atoms with Gasteiger partial charge in [0, 0.05) is 0 Å². The van der Waals surface area contributed by atoms with Gasteiger partial charge in [-0.3, -0.25) is 4.79 Å². The highest BCUT2D eigenvalue weighted by Crippen LogP contribution is 2.24. The number of nitrogens with one attached hydrogen (secondary N) is 1. The van der Waals surface area contributed by atoms with Crippen molar-refractivity contribution in [3.8, 4) is 0 Å². The summed E-state index contributed by atoms with van der Waals surface area (Å²) in [5, 5.41) is 47.9. The second-order valence-electron chi connectivity index (χ2n) is 5.28. The predicted octanol–water partition coefficient (Wildman–Crippen LogP) is -2.19. The Balaban J connectivity index is 2.21. The number of alkyl carbamates (subject to hydrolysis) is 1. The molecule has 23 heavy (non-hydrogen) atoms. The Kier molecular flexibility index (Phi) is 8.20. The van der Waals surface area contributed by atoms with Gasteiger partial charge in [0.25, 0.3) is 0 Å². The molecule has 0 bridgehead atoms. The van der Waals surface area contributed by atoms with Gasteiger partial charge in [-0.2, -0.15) is 0 Å². The quantitative estimate of drug-likeness (QED) is 0.256. The van der Waals surface area contributed by atoms with Gasteiger partial charge in [0.05, 0.1) is 38.4 Å². The molecule has 0 radical (unpaired) electrons. The van der Waals surface area contributed by atoms with Gasteiger partial charge in [0.2, 0.25) is 0 Å². The molecule has 1 rings (SSSR count). The number of carbonyl (C=O) groups excluding carboxylic acids is 1. The second-order valence-corrected chi connectivity index (χ2v) is 5.28. The van der Waals surface area contributed by atoms with Gasteiger partial charge < -0.3 is 40.3 Å². The van der Waals surface area contributed by atoms with E-state index in [2.05, 4.69) is 5.32 Å². The molecule has 5 unspecified atom stereocenters. The van der Waals surface area contributed by atoms with Crippen LogP contribution in [0.3, 0.4) is 0 Å². The topological polar surface area (TPSA) is 166 Å². The van der Waals surface area contributed by atoms with Gasteiger partial charge in [-0.05, 0) is 12.8 Å². The number of aliphatic hydroxyl groups excluding tert-OH is 4. The molecule has 0 saturated carbocycles. The summed E-state index contributed by atoms with van der Waals surface area (Å²) in [5.41, 5.74) is 0. The summed E-state index contributed by atoms with van der Waals surface area (Å²) in [5.74, 6) is -1.16. The van der Waals surface area contributed by atoms with Crippen LogP contribution in [0.4, 0.5) is 4.79 Å². The van der Waals surface area contributed by atoms with Crippen LogP contribution < -0.4 is 5.32 Å². The molecule has 134 valence electrons. The van der Waals surface area contributed by atoms with Crippen molar-refractivity contribution < 1.29 is 44.6 Å². The molecule has 1 aliphatic rings. The number of aliphatic hydroxyl groups is 4. The highest BCUT2D eigenvalue weighted by atomic mass is 16.6. The summed E-state index contributed by atoms with van der Waals surface area (Å²) in [4.78, 5) is 21.9. The van der Waals surface area contributed by atoms with Gasteiger partial charge in [-0.25, -0.2) is 4.79 Å². The molecule has 0 aromatic heterocycles. The van der Waals surface area contributed by atoms with E-state index in [1.165, 1.54) is 0 Å². The fourth-order valence-corrected chi connectivity index (χ4v) is 2.24. The fraction of sp³-hybridized carbons (Fsp3) is 0.846. The third kappa shape index (κ3) is 6.28. The zero-order valence-corrected chi connectivity index (χ0v) is 12.5. The number of aliphatic carboxylic acids is 1. The summed E-state index contributed by atoms with van der Waals surface area (Å²) in [6.07, 6.45) is -4.40. The highest BCUT2D eigenvalue weighted by molar-refractivity contribution is 5.71. The van der Waals surface area contributed by atoms with E-state index in [9.17, 15) is 19.8 Å². The van der Waals surface area contributed by atoms with E-state index in [1.54, 1.807) is 0 Å². The first-order valence-corrected chi connectivity index (χ1v) is 7.27. The van der Waals surface area contributed by atoms with E-state index in [0.29, 0.717) is 12.8 Å². The molecule has 10 heteroatoms. The van der Waals surface area contributed by atoms with Crippen molar-refractivity contribution in [3.63, 3.8) is 0 Å². The molecule has 1 heterocycles. The molecular formula is C13H23NO9. The van der Waals surface area contributed by atoms with Crippen molar-refractivity contribution in [1.82, 2.24) is 5.32 Å². The average Bonchev–Trinajstić information content (AvgIpc) is 2.78. The lowest BCUT2D eigenvalue weighted by atomic mass is 10.0. The Hall–Kier alpha value is -1.46. The normalized spacial score (nSPS) is 28.3. The molecule has 1 aliphatic heterocycles. The van der Waals surface area contributed by atoms with E-state index in [-0.39, 0.29) is 6.61 Å². The van der Waals surface area contributed by atoms with E-state index >= 15 is 0 Å². The number of carboxylic acids is 1. The van der Waals surface area contributed by atoms with Crippen molar-refractivity contribution in [1.29, 1.82) is 0 Å². The predicted molar refractivity (Wildman–Crippen MR) is 74.6 cm³/mol. The maximum absolute atomic E-state index is 11.4. The molecule has 1 saturated heterocycles. The van der Waals surface area contributed by atoms with Gasteiger partial charge in [0.1, 0.15) is 18.3 Å². The number of carboxylic acid groups (broad SMARTS) is 1. The van der Waals surface area contributed by atoms with E-state index in [4.69, 9.17) is 24.8 Å². The molecule has 10 nitrogen and oxygen atoms in total. The van der Waals surface area contributed by atoms with Crippen LogP contribution in [0.2, 0.25) is 0 Å². The minimum Gasteiger partial charge on any atom is -0.481 e.